The highest BCUT2D eigenvalue weighted by Crippen LogP contribution is 2.37. The molecule has 0 unspecified atom stereocenters. The van der Waals surface area contributed by atoms with Crippen LogP contribution in [0.25, 0.3) is 16.8 Å². The molecule has 0 bridgehead atoms. The molecule has 10 nitrogen and oxygen atoms in total. The van der Waals surface area contributed by atoms with E-state index < -0.39 is 5.60 Å². The van der Waals surface area contributed by atoms with Crippen molar-refractivity contribution in [2.75, 3.05) is 25.5 Å². The quantitative estimate of drug-likeness (QED) is 0.152. The number of hydrogen-bond acceptors (Lipinski definition) is 10. The summed E-state index contributed by atoms with van der Waals surface area (Å²) in [6.45, 7) is 13.0. The zero-order chi connectivity index (χ0) is 29.1. The highest BCUT2D eigenvalue weighted by Gasteiger charge is 2.26. The molecule has 4 heterocycles. The van der Waals surface area contributed by atoms with Gasteiger partial charge in [-0.05, 0) is 76.1 Å². The van der Waals surface area contributed by atoms with E-state index in [-0.39, 0.29) is 6.09 Å². The number of ether oxygens (including phenoxy) is 1. The Hall–Kier alpha value is -3.35. The van der Waals surface area contributed by atoms with Crippen LogP contribution in [-0.4, -0.2) is 63.4 Å². The minimum Gasteiger partial charge on any atom is -0.444 e. The molecule has 3 N–H and O–H groups in total. The van der Waals surface area contributed by atoms with E-state index in [1.807, 2.05) is 31.4 Å². The molecule has 0 radical (unpaired) electrons. The molecule has 0 atom stereocenters. The maximum atomic E-state index is 12.9. The average Bonchev–Trinajstić information content (AvgIpc) is 3.48. The Morgan fingerprint density at radius 1 is 1.34 bits per heavy atom. The first-order valence-corrected chi connectivity index (χ1v) is 15.5. The number of thiophene rings is 1. The summed E-state index contributed by atoms with van der Waals surface area (Å²) in [6.07, 6.45) is 11.7. The molecule has 5 rings (SSSR count). The number of imidazole rings is 1. The summed E-state index contributed by atoms with van der Waals surface area (Å²) < 4.78 is 12.4. The Morgan fingerprint density at radius 2 is 2.15 bits per heavy atom. The lowest BCUT2D eigenvalue weighted by Gasteiger charge is -2.30. The summed E-state index contributed by atoms with van der Waals surface area (Å²) >= 11 is 3.41. The van der Waals surface area contributed by atoms with Gasteiger partial charge in [0.1, 0.15) is 5.60 Å². The smallest absolute Gasteiger partial charge is 0.410 e. The van der Waals surface area contributed by atoms with Gasteiger partial charge >= 0.3 is 6.09 Å². The van der Waals surface area contributed by atoms with Crippen LogP contribution < -0.4 is 15.5 Å². The number of rotatable bonds is 9. The van der Waals surface area contributed by atoms with Crippen LogP contribution in [0.4, 0.5) is 15.6 Å². The molecule has 218 valence electrons. The number of hydrazone groups is 1. The lowest BCUT2D eigenvalue weighted by atomic mass is 9.94. The fraction of sp³-hybridized carbons (Fsp3) is 0.448. The van der Waals surface area contributed by atoms with Gasteiger partial charge in [-0.1, -0.05) is 19.1 Å². The topological polar surface area (TPSA) is 108 Å². The van der Waals surface area contributed by atoms with Crippen molar-refractivity contribution < 1.29 is 9.53 Å². The Labute approximate surface area is 249 Å². The standard InChI is InChI=1S/C29H38N8O2S2/c1-18-13-24(40-27(18)41-35-21-10-7-11-21)34-25-26-31-15-23(19(2)14-32-30-6)37(26)17-22(33-25)20-9-8-12-36(16-20)28(38)39-29(3,4)5/h9,13-15,17,21,30,35H,2,7-8,10-12,16H2,1,3-6H3,(H,33,34)/b32-14-. The lowest BCUT2D eigenvalue weighted by Crippen LogP contribution is -2.39. The normalized spacial score (nSPS) is 16.1. The van der Waals surface area contributed by atoms with Crippen LogP contribution >= 0.6 is 23.3 Å². The number of aromatic nitrogens is 3. The van der Waals surface area contributed by atoms with Crippen molar-refractivity contribution in [3.63, 3.8) is 0 Å². The van der Waals surface area contributed by atoms with Gasteiger partial charge in [-0.25, -0.2) is 14.8 Å². The number of carbonyl (C=O) groups is 1. The van der Waals surface area contributed by atoms with Crippen molar-refractivity contribution in [3.8, 4) is 0 Å². The maximum absolute atomic E-state index is 12.9. The van der Waals surface area contributed by atoms with Gasteiger partial charge in [0.25, 0.3) is 0 Å². The highest BCUT2D eigenvalue weighted by molar-refractivity contribution is 7.99. The molecule has 3 aromatic rings. The molecular weight excluding hydrogens is 557 g/mol. The Kier molecular flexibility index (Phi) is 8.71. The zero-order valence-electron chi connectivity index (χ0n) is 24.3. The van der Waals surface area contributed by atoms with Gasteiger partial charge in [-0.2, -0.15) is 5.10 Å². The van der Waals surface area contributed by atoms with Crippen molar-refractivity contribution >= 4 is 63.2 Å². The molecule has 3 aromatic heterocycles. The first-order chi connectivity index (χ1) is 19.6. The number of aryl methyl sites for hydroxylation is 1. The third kappa shape index (κ3) is 6.94. The van der Waals surface area contributed by atoms with Gasteiger partial charge in [0.15, 0.2) is 11.5 Å². The van der Waals surface area contributed by atoms with Gasteiger partial charge in [-0.15, -0.1) is 11.3 Å². The molecule has 0 spiro atoms. The number of nitrogens with one attached hydrogen (secondary N) is 3. The highest BCUT2D eigenvalue weighted by atomic mass is 32.2. The molecule has 41 heavy (non-hydrogen) atoms. The SMILES string of the molecule is C=C(/C=N\NC)c1cnc2c(Nc3cc(C)c(SNC4CCC4)s3)nc(C3=CCCN(C(=O)OC(C)(C)C)C3)cn12. The number of fused-ring (bicyclic) bond motifs is 1. The summed E-state index contributed by atoms with van der Waals surface area (Å²) in [5.41, 5.74) is 7.30. The average molecular weight is 595 g/mol. The number of amides is 1. The molecule has 1 saturated carbocycles. The Balaban J connectivity index is 1.47. The monoisotopic (exact) mass is 594 g/mol. The largest absolute Gasteiger partial charge is 0.444 e. The second-order valence-corrected chi connectivity index (χ2v) is 13.5. The molecule has 1 aliphatic heterocycles. The van der Waals surface area contributed by atoms with E-state index in [2.05, 4.69) is 46.2 Å². The van der Waals surface area contributed by atoms with Crippen LogP contribution in [0, 0.1) is 6.92 Å². The van der Waals surface area contributed by atoms with E-state index in [4.69, 9.17) is 14.7 Å². The molecule has 2 aliphatic rings. The molecule has 0 aromatic carbocycles. The van der Waals surface area contributed by atoms with Gasteiger partial charge in [0, 0.05) is 31.4 Å². The van der Waals surface area contributed by atoms with E-state index in [0.29, 0.717) is 42.6 Å². The van der Waals surface area contributed by atoms with Crippen LogP contribution in [0.5, 0.6) is 0 Å². The molecule has 0 saturated heterocycles. The maximum Gasteiger partial charge on any atom is 0.410 e. The van der Waals surface area contributed by atoms with Crippen molar-refractivity contribution in [3.05, 3.63) is 48.1 Å². The van der Waals surface area contributed by atoms with E-state index >= 15 is 0 Å². The first kappa shape index (κ1) is 29.2. The summed E-state index contributed by atoms with van der Waals surface area (Å²) in [5.74, 6) is 0.632. The summed E-state index contributed by atoms with van der Waals surface area (Å²) in [6, 6.07) is 2.75. The Morgan fingerprint density at radius 3 is 2.85 bits per heavy atom. The predicted molar refractivity (Wildman–Crippen MR) is 169 cm³/mol. The number of anilines is 2. The van der Waals surface area contributed by atoms with Crippen molar-refractivity contribution in [2.24, 2.45) is 5.10 Å². The number of allylic oxidation sites excluding steroid dienone is 1. The van der Waals surface area contributed by atoms with Crippen LogP contribution in [0.3, 0.4) is 0 Å². The minimum absolute atomic E-state index is 0.322. The van der Waals surface area contributed by atoms with E-state index in [1.165, 1.54) is 29.0 Å². The van der Waals surface area contributed by atoms with Gasteiger partial charge in [0.05, 0.1) is 39.6 Å². The number of carbonyl (C=O) groups excluding carboxylic acids is 1. The van der Waals surface area contributed by atoms with Crippen molar-refractivity contribution in [1.29, 1.82) is 0 Å². The summed E-state index contributed by atoms with van der Waals surface area (Å²) in [5, 5.41) is 8.65. The summed E-state index contributed by atoms with van der Waals surface area (Å²) in [7, 11) is 1.74. The minimum atomic E-state index is -0.559. The first-order valence-electron chi connectivity index (χ1n) is 13.9. The number of nitrogens with zero attached hydrogens (tertiary/aromatic N) is 5. The third-order valence-electron chi connectivity index (χ3n) is 6.84. The predicted octanol–water partition coefficient (Wildman–Crippen LogP) is 6.23. The molecule has 12 heteroatoms. The van der Waals surface area contributed by atoms with Crippen LogP contribution in [0.2, 0.25) is 0 Å². The van der Waals surface area contributed by atoms with E-state index in [1.54, 1.807) is 47.6 Å². The fourth-order valence-electron chi connectivity index (χ4n) is 4.49. The lowest BCUT2D eigenvalue weighted by molar-refractivity contribution is 0.0273. The van der Waals surface area contributed by atoms with E-state index in [0.717, 1.165) is 22.0 Å². The van der Waals surface area contributed by atoms with Crippen LogP contribution in [-0.2, 0) is 4.74 Å². The molecular formula is C29H38N8O2S2. The zero-order valence-corrected chi connectivity index (χ0v) is 25.9. The molecule has 1 aliphatic carbocycles. The van der Waals surface area contributed by atoms with Crippen molar-refractivity contribution in [1.82, 2.24) is 29.4 Å². The van der Waals surface area contributed by atoms with Crippen LogP contribution in [0.1, 0.15) is 63.4 Å². The number of hydrogen-bond donors (Lipinski definition) is 3. The fourth-order valence-corrected chi connectivity index (χ4v) is 6.61. The van der Waals surface area contributed by atoms with Gasteiger partial charge in [0.2, 0.25) is 0 Å². The third-order valence-corrected chi connectivity index (χ3v) is 9.25. The molecule has 1 amide bonds. The summed E-state index contributed by atoms with van der Waals surface area (Å²) in [4.78, 5) is 24.3. The van der Waals surface area contributed by atoms with Gasteiger partial charge < -0.3 is 20.4 Å². The second kappa shape index (κ2) is 12.3. The van der Waals surface area contributed by atoms with Gasteiger partial charge in [-0.3, -0.25) is 9.12 Å². The second-order valence-electron chi connectivity index (χ2n) is 11.3. The van der Waals surface area contributed by atoms with Crippen LogP contribution in [0.15, 0.2) is 40.4 Å². The van der Waals surface area contributed by atoms with E-state index in [9.17, 15) is 4.79 Å². The molecule has 1 fully saturated rings. The Bertz CT molecular complexity index is 1500. The van der Waals surface area contributed by atoms with Crippen molar-refractivity contribution in [2.45, 2.75) is 69.2 Å².